The van der Waals surface area contributed by atoms with E-state index in [1.165, 1.54) is 0 Å². The lowest BCUT2D eigenvalue weighted by Gasteiger charge is -2.04. The van der Waals surface area contributed by atoms with Crippen LogP contribution in [0.1, 0.15) is 24.2 Å². The van der Waals surface area contributed by atoms with Gasteiger partial charge in [0.05, 0.1) is 0 Å². The molecular formula is C14H17BrClN3O. The van der Waals surface area contributed by atoms with Gasteiger partial charge in [-0.1, -0.05) is 33.2 Å². The van der Waals surface area contributed by atoms with Gasteiger partial charge < -0.3 is 9.84 Å². The smallest absolute Gasteiger partial charge is 0.250 e. The molecule has 0 radical (unpaired) electrons. The van der Waals surface area contributed by atoms with Gasteiger partial charge in [-0.05, 0) is 37.7 Å². The van der Waals surface area contributed by atoms with E-state index in [0.29, 0.717) is 11.9 Å². The zero-order chi connectivity index (χ0) is 13.7. The third-order valence-electron chi connectivity index (χ3n) is 2.75. The summed E-state index contributed by atoms with van der Waals surface area (Å²) in [5.74, 6) is 1.25. The summed E-state index contributed by atoms with van der Waals surface area (Å²) in [7, 11) is 1.92. The van der Waals surface area contributed by atoms with Crippen molar-refractivity contribution in [2.45, 2.75) is 19.4 Å². The molecule has 1 unspecified atom stereocenters. The average Bonchev–Trinajstić information content (AvgIpc) is 2.85. The first-order valence-electron chi connectivity index (χ1n) is 6.11. The highest BCUT2D eigenvalue weighted by molar-refractivity contribution is 9.10. The molecule has 0 fully saturated rings. The van der Waals surface area contributed by atoms with Crippen molar-refractivity contribution in [3.8, 4) is 0 Å². The van der Waals surface area contributed by atoms with Crippen LogP contribution in [0.25, 0.3) is 12.2 Å². The number of nitrogens with zero attached hydrogens (tertiary/aromatic N) is 2. The van der Waals surface area contributed by atoms with Gasteiger partial charge in [0.25, 0.3) is 5.89 Å². The van der Waals surface area contributed by atoms with Gasteiger partial charge in [-0.15, -0.1) is 12.4 Å². The predicted octanol–water partition coefficient (Wildman–Crippen LogP) is 3.57. The number of nitrogens with one attached hydrogen (secondary N) is 1. The summed E-state index contributed by atoms with van der Waals surface area (Å²) in [6.07, 6.45) is 4.53. The first-order chi connectivity index (χ1) is 9.17. The highest BCUT2D eigenvalue weighted by Gasteiger charge is 2.07. The van der Waals surface area contributed by atoms with E-state index in [9.17, 15) is 0 Å². The zero-order valence-electron chi connectivity index (χ0n) is 11.3. The monoisotopic (exact) mass is 357 g/mol. The summed E-state index contributed by atoms with van der Waals surface area (Å²) in [5.41, 5.74) is 1.09. The van der Waals surface area contributed by atoms with Crippen LogP contribution in [0.3, 0.4) is 0 Å². The molecule has 20 heavy (non-hydrogen) atoms. The number of hydrogen-bond donors (Lipinski definition) is 1. The number of rotatable bonds is 5. The second-order valence-corrected chi connectivity index (χ2v) is 5.24. The summed E-state index contributed by atoms with van der Waals surface area (Å²) in [4.78, 5) is 4.32. The van der Waals surface area contributed by atoms with Gasteiger partial charge in [0.2, 0.25) is 0 Å². The maximum Gasteiger partial charge on any atom is 0.250 e. The fraction of sp³-hybridized carbons (Fsp3) is 0.286. The first-order valence-corrected chi connectivity index (χ1v) is 6.90. The lowest BCUT2D eigenvalue weighted by Crippen LogP contribution is -2.24. The minimum atomic E-state index is 0. The van der Waals surface area contributed by atoms with Crippen LogP contribution in [0.5, 0.6) is 0 Å². The van der Waals surface area contributed by atoms with Crippen LogP contribution in [0.4, 0.5) is 0 Å². The van der Waals surface area contributed by atoms with Gasteiger partial charge in [0, 0.05) is 23.0 Å². The van der Waals surface area contributed by atoms with Gasteiger partial charge in [0.1, 0.15) is 0 Å². The molecular weight excluding hydrogens is 342 g/mol. The second kappa shape index (κ2) is 8.19. The lowest BCUT2D eigenvalue weighted by atomic mass is 10.2. The number of hydrogen-bond acceptors (Lipinski definition) is 4. The van der Waals surface area contributed by atoms with E-state index >= 15 is 0 Å². The molecule has 0 spiro atoms. The molecule has 0 bridgehead atoms. The molecule has 2 aromatic rings. The maximum atomic E-state index is 5.17. The van der Waals surface area contributed by atoms with Crippen molar-refractivity contribution in [3.63, 3.8) is 0 Å². The van der Waals surface area contributed by atoms with Crippen molar-refractivity contribution in [3.05, 3.63) is 46.0 Å². The van der Waals surface area contributed by atoms with Crippen LogP contribution in [0.2, 0.25) is 0 Å². The highest BCUT2D eigenvalue weighted by atomic mass is 79.9. The Bertz CT molecular complexity index is 554. The zero-order valence-corrected chi connectivity index (χ0v) is 13.7. The van der Waals surface area contributed by atoms with Crippen LogP contribution in [0.15, 0.2) is 33.3 Å². The predicted molar refractivity (Wildman–Crippen MR) is 86.8 cm³/mol. The third kappa shape index (κ3) is 5.07. The molecule has 6 heteroatoms. The molecule has 0 aliphatic heterocycles. The summed E-state index contributed by atoms with van der Waals surface area (Å²) in [5, 5.41) is 7.09. The van der Waals surface area contributed by atoms with E-state index in [2.05, 4.69) is 38.3 Å². The molecule has 108 valence electrons. The average molecular weight is 359 g/mol. The van der Waals surface area contributed by atoms with E-state index in [1.807, 2.05) is 43.5 Å². The molecule has 1 heterocycles. The topological polar surface area (TPSA) is 51.0 Å². The summed E-state index contributed by atoms with van der Waals surface area (Å²) >= 11 is 3.40. The Kier molecular flexibility index (Phi) is 6.91. The van der Waals surface area contributed by atoms with Crippen LogP contribution in [-0.4, -0.2) is 23.2 Å². The summed E-state index contributed by atoms with van der Waals surface area (Å²) < 4.78 is 6.23. The Balaban J connectivity index is 0.00000200. The maximum absolute atomic E-state index is 5.17. The SMILES string of the molecule is CNC(C)Cc1noc(/C=C/c2ccc(Br)cc2)n1.Cl. The summed E-state index contributed by atoms with van der Waals surface area (Å²) in [6, 6.07) is 8.35. The quantitative estimate of drug-likeness (QED) is 0.887. The Hall–Kier alpha value is -1.17. The van der Waals surface area contributed by atoms with E-state index < -0.39 is 0 Å². The van der Waals surface area contributed by atoms with Gasteiger partial charge in [-0.25, -0.2) is 0 Å². The van der Waals surface area contributed by atoms with E-state index in [1.54, 1.807) is 0 Å². The van der Waals surface area contributed by atoms with Crippen molar-refractivity contribution in [1.82, 2.24) is 15.5 Å². The first kappa shape index (κ1) is 16.9. The second-order valence-electron chi connectivity index (χ2n) is 4.33. The van der Waals surface area contributed by atoms with E-state index in [-0.39, 0.29) is 12.4 Å². The number of benzene rings is 1. The molecule has 1 atom stereocenters. The van der Waals surface area contributed by atoms with Crippen molar-refractivity contribution in [2.24, 2.45) is 0 Å². The minimum Gasteiger partial charge on any atom is -0.335 e. The molecule has 0 amide bonds. The van der Waals surface area contributed by atoms with Crippen LogP contribution < -0.4 is 5.32 Å². The molecule has 0 saturated heterocycles. The van der Waals surface area contributed by atoms with Gasteiger partial charge >= 0.3 is 0 Å². The van der Waals surface area contributed by atoms with Gasteiger partial charge in [-0.2, -0.15) is 4.98 Å². The lowest BCUT2D eigenvalue weighted by molar-refractivity contribution is 0.400. The molecule has 0 aliphatic rings. The molecule has 2 rings (SSSR count). The number of aromatic nitrogens is 2. The Morgan fingerprint density at radius 3 is 2.65 bits per heavy atom. The van der Waals surface area contributed by atoms with Crippen molar-refractivity contribution in [2.75, 3.05) is 7.05 Å². The Labute approximate surface area is 133 Å². The van der Waals surface area contributed by atoms with E-state index in [4.69, 9.17) is 4.52 Å². The summed E-state index contributed by atoms with van der Waals surface area (Å²) in [6.45, 7) is 2.08. The standard InChI is InChI=1S/C14H16BrN3O.ClH/c1-10(16-2)9-13-17-14(19-18-13)8-5-11-3-6-12(15)7-4-11;/h3-8,10,16H,9H2,1-2H3;1H/b8-5+;. The Morgan fingerprint density at radius 1 is 1.30 bits per heavy atom. The number of halogens is 2. The van der Waals surface area contributed by atoms with Crippen LogP contribution >= 0.6 is 28.3 Å². The molecule has 0 aliphatic carbocycles. The van der Waals surface area contributed by atoms with Crippen molar-refractivity contribution in [1.29, 1.82) is 0 Å². The van der Waals surface area contributed by atoms with Gasteiger partial charge in [0.15, 0.2) is 5.82 Å². The minimum absolute atomic E-state index is 0. The molecule has 4 nitrogen and oxygen atoms in total. The van der Waals surface area contributed by atoms with Crippen LogP contribution in [-0.2, 0) is 6.42 Å². The molecule has 1 N–H and O–H groups in total. The molecule has 1 aromatic carbocycles. The van der Waals surface area contributed by atoms with E-state index in [0.717, 1.165) is 22.3 Å². The Morgan fingerprint density at radius 2 is 2.00 bits per heavy atom. The van der Waals surface area contributed by atoms with Crippen LogP contribution in [0, 0.1) is 0 Å². The molecule has 0 saturated carbocycles. The fourth-order valence-electron chi connectivity index (χ4n) is 1.54. The number of likely N-dealkylation sites (N-methyl/N-ethyl adjacent to an activating group) is 1. The third-order valence-corrected chi connectivity index (χ3v) is 3.28. The normalized spacial score (nSPS) is 12.3. The van der Waals surface area contributed by atoms with Crippen molar-refractivity contribution < 1.29 is 4.52 Å². The highest BCUT2D eigenvalue weighted by Crippen LogP contribution is 2.13. The largest absolute Gasteiger partial charge is 0.335 e. The van der Waals surface area contributed by atoms with Crippen molar-refractivity contribution >= 4 is 40.5 Å². The van der Waals surface area contributed by atoms with Gasteiger partial charge in [-0.3, -0.25) is 0 Å². The molecule has 1 aromatic heterocycles. The fourth-order valence-corrected chi connectivity index (χ4v) is 1.80.